The van der Waals surface area contributed by atoms with Gasteiger partial charge >= 0.3 is 19.2 Å². The van der Waals surface area contributed by atoms with Crippen LogP contribution in [-0.2, 0) is 24.3 Å². The average molecular weight is 565 g/mol. The van der Waals surface area contributed by atoms with Gasteiger partial charge in [-0.15, -0.1) is 0 Å². The Balaban J connectivity index is 1.17. The number of hydrogen-bond acceptors (Lipinski definition) is 5. The first kappa shape index (κ1) is 28.3. The van der Waals surface area contributed by atoms with E-state index in [0.717, 1.165) is 27.7 Å². The molecular formula is C34H36BNO6. The predicted octanol–water partition coefficient (Wildman–Crippen LogP) is 6.36. The fourth-order valence-corrected chi connectivity index (χ4v) is 5.88. The van der Waals surface area contributed by atoms with Crippen LogP contribution in [0.4, 0.5) is 4.79 Å². The molecule has 0 aromatic heterocycles. The number of carbonyl (C=O) groups is 2. The number of amides is 1. The van der Waals surface area contributed by atoms with E-state index in [4.69, 9.17) is 14.0 Å². The molecule has 2 fully saturated rings. The maximum Gasteiger partial charge on any atom is 0.492 e. The number of carboxylic acid groups (broad SMARTS) is 1. The second-order valence-corrected chi connectivity index (χ2v) is 12.5. The Morgan fingerprint density at radius 1 is 0.905 bits per heavy atom. The van der Waals surface area contributed by atoms with Gasteiger partial charge in [0, 0.05) is 12.5 Å². The van der Waals surface area contributed by atoms with Crippen LogP contribution in [0.1, 0.15) is 68.7 Å². The topological polar surface area (TPSA) is 94.1 Å². The lowest BCUT2D eigenvalue weighted by atomic mass is 9.77. The van der Waals surface area contributed by atoms with Crippen LogP contribution in [0.2, 0.25) is 0 Å². The molecule has 6 rings (SSSR count). The van der Waals surface area contributed by atoms with Crippen molar-refractivity contribution in [2.24, 2.45) is 0 Å². The van der Waals surface area contributed by atoms with Gasteiger partial charge in [-0.3, -0.25) is 4.79 Å². The van der Waals surface area contributed by atoms with Gasteiger partial charge in [-0.05, 0) is 79.4 Å². The van der Waals surface area contributed by atoms with E-state index in [1.165, 1.54) is 11.1 Å². The number of ether oxygens (including phenoxy) is 1. The van der Waals surface area contributed by atoms with E-state index in [0.29, 0.717) is 12.8 Å². The Morgan fingerprint density at radius 2 is 1.45 bits per heavy atom. The van der Waals surface area contributed by atoms with Crippen LogP contribution >= 0.6 is 0 Å². The molecule has 2 N–H and O–H groups in total. The van der Waals surface area contributed by atoms with Crippen molar-refractivity contribution in [2.75, 3.05) is 13.2 Å². The SMILES string of the molecule is CC1(C)OB(C(=Cc2ccc(C3(C(=O)O)CC3)cc2)CNC(=O)OCC2c3ccccc3-c3ccccc32)OC1(C)C. The highest BCUT2D eigenvalue weighted by atomic mass is 16.7. The molecule has 3 aromatic rings. The highest BCUT2D eigenvalue weighted by Crippen LogP contribution is 2.48. The third kappa shape index (κ3) is 5.03. The number of carboxylic acids is 1. The molecule has 7 nitrogen and oxygen atoms in total. The van der Waals surface area contributed by atoms with Gasteiger partial charge in [0.2, 0.25) is 0 Å². The smallest absolute Gasteiger partial charge is 0.481 e. The zero-order chi connectivity index (χ0) is 29.7. The average Bonchev–Trinajstić information content (AvgIpc) is 3.67. The van der Waals surface area contributed by atoms with E-state index >= 15 is 0 Å². The molecule has 3 aromatic carbocycles. The summed E-state index contributed by atoms with van der Waals surface area (Å²) in [4.78, 5) is 24.7. The third-order valence-corrected chi connectivity index (χ3v) is 9.31. The first-order valence-corrected chi connectivity index (χ1v) is 14.5. The monoisotopic (exact) mass is 565 g/mol. The Labute approximate surface area is 247 Å². The van der Waals surface area contributed by atoms with E-state index in [2.05, 4.69) is 29.6 Å². The molecular weight excluding hydrogens is 529 g/mol. The van der Waals surface area contributed by atoms with Crippen LogP contribution < -0.4 is 5.32 Å². The van der Waals surface area contributed by atoms with E-state index in [1.807, 2.05) is 82.3 Å². The van der Waals surface area contributed by atoms with Crippen molar-refractivity contribution in [2.45, 2.75) is 63.1 Å². The van der Waals surface area contributed by atoms with Gasteiger partial charge in [-0.25, -0.2) is 4.79 Å². The van der Waals surface area contributed by atoms with E-state index < -0.39 is 35.8 Å². The van der Waals surface area contributed by atoms with Crippen molar-refractivity contribution < 1.29 is 28.7 Å². The Kier molecular flexibility index (Phi) is 7.02. The summed E-state index contributed by atoms with van der Waals surface area (Å²) in [6.45, 7) is 8.33. The maximum absolute atomic E-state index is 13.0. The zero-order valence-corrected chi connectivity index (χ0v) is 24.5. The van der Waals surface area contributed by atoms with Crippen molar-refractivity contribution in [3.8, 4) is 11.1 Å². The Morgan fingerprint density at radius 3 is 1.98 bits per heavy atom. The summed E-state index contributed by atoms with van der Waals surface area (Å²) in [5.74, 6) is -0.809. The third-order valence-electron chi connectivity index (χ3n) is 9.31. The van der Waals surface area contributed by atoms with Crippen LogP contribution in [-0.4, -0.2) is 48.6 Å². The van der Waals surface area contributed by atoms with Crippen molar-refractivity contribution in [1.29, 1.82) is 0 Å². The number of carbonyl (C=O) groups excluding carboxylic acids is 1. The van der Waals surface area contributed by atoms with Gasteiger partial charge in [0.05, 0.1) is 16.6 Å². The van der Waals surface area contributed by atoms with Gasteiger partial charge in [0.1, 0.15) is 6.61 Å². The maximum atomic E-state index is 13.0. The van der Waals surface area contributed by atoms with E-state index in [-0.39, 0.29) is 19.1 Å². The molecule has 0 bridgehead atoms. The van der Waals surface area contributed by atoms with Crippen LogP contribution in [0, 0.1) is 0 Å². The second kappa shape index (κ2) is 10.4. The first-order valence-electron chi connectivity index (χ1n) is 14.5. The Hall–Kier alpha value is -3.88. The van der Waals surface area contributed by atoms with Gasteiger partial charge in [-0.1, -0.05) is 78.9 Å². The summed E-state index contributed by atoms with van der Waals surface area (Å²) in [6, 6.07) is 24.0. The largest absolute Gasteiger partial charge is 0.492 e. The van der Waals surface area contributed by atoms with E-state index in [1.54, 1.807) is 0 Å². The van der Waals surface area contributed by atoms with Crippen LogP contribution in [0.15, 0.2) is 78.3 Å². The number of hydrogen-bond donors (Lipinski definition) is 2. The molecule has 0 radical (unpaired) electrons. The van der Waals surface area contributed by atoms with Crippen LogP contribution in [0.25, 0.3) is 17.2 Å². The fraction of sp³-hybridized carbons (Fsp3) is 0.353. The molecule has 216 valence electrons. The summed E-state index contributed by atoms with van der Waals surface area (Å²) in [6.07, 6.45) is 2.71. The molecule has 1 aliphatic heterocycles. The van der Waals surface area contributed by atoms with Gasteiger partial charge in [0.25, 0.3) is 0 Å². The van der Waals surface area contributed by atoms with Crippen molar-refractivity contribution >= 4 is 25.3 Å². The summed E-state index contributed by atoms with van der Waals surface area (Å²) < 4.78 is 18.4. The van der Waals surface area contributed by atoms with Gasteiger partial charge < -0.3 is 24.5 Å². The molecule has 1 saturated carbocycles. The lowest BCUT2D eigenvalue weighted by molar-refractivity contribution is -0.140. The minimum Gasteiger partial charge on any atom is -0.481 e. The molecule has 0 spiro atoms. The minimum atomic E-state index is -0.781. The Bertz CT molecular complexity index is 1490. The highest BCUT2D eigenvalue weighted by Gasteiger charge is 2.53. The molecule has 8 heteroatoms. The number of alkyl carbamates (subject to hydrolysis) is 1. The predicted molar refractivity (Wildman–Crippen MR) is 162 cm³/mol. The summed E-state index contributed by atoms with van der Waals surface area (Å²) in [7, 11) is -0.669. The molecule has 2 aliphatic carbocycles. The minimum absolute atomic E-state index is 0.0275. The van der Waals surface area contributed by atoms with Gasteiger partial charge in [0.15, 0.2) is 0 Å². The van der Waals surface area contributed by atoms with E-state index in [9.17, 15) is 14.7 Å². The molecule has 3 aliphatic rings. The summed E-state index contributed by atoms with van der Waals surface area (Å²) in [5.41, 5.74) is 5.20. The van der Waals surface area contributed by atoms with Crippen molar-refractivity contribution in [3.63, 3.8) is 0 Å². The quantitative estimate of drug-likeness (QED) is 0.309. The number of rotatable bonds is 8. The normalized spacial score (nSPS) is 19.6. The zero-order valence-electron chi connectivity index (χ0n) is 24.5. The first-order chi connectivity index (χ1) is 20.0. The molecule has 1 heterocycles. The van der Waals surface area contributed by atoms with Crippen molar-refractivity contribution in [3.05, 3.63) is 101 Å². The lowest BCUT2D eigenvalue weighted by Crippen LogP contribution is -2.41. The molecule has 1 amide bonds. The van der Waals surface area contributed by atoms with Crippen LogP contribution in [0.3, 0.4) is 0 Å². The van der Waals surface area contributed by atoms with Gasteiger partial charge in [-0.2, -0.15) is 0 Å². The summed E-state index contributed by atoms with van der Waals surface area (Å²) in [5, 5.41) is 12.5. The summed E-state index contributed by atoms with van der Waals surface area (Å²) >= 11 is 0. The molecule has 0 atom stereocenters. The van der Waals surface area contributed by atoms with Crippen molar-refractivity contribution in [1.82, 2.24) is 5.32 Å². The lowest BCUT2D eigenvalue weighted by Gasteiger charge is -2.32. The number of nitrogens with one attached hydrogen (secondary N) is 1. The number of aliphatic carboxylic acids is 1. The molecule has 0 unspecified atom stereocenters. The highest BCUT2D eigenvalue weighted by molar-refractivity contribution is 6.56. The number of fused-ring (bicyclic) bond motifs is 3. The fourth-order valence-electron chi connectivity index (χ4n) is 5.88. The van der Waals surface area contributed by atoms with Crippen LogP contribution in [0.5, 0.6) is 0 Å². The second-order valence-electron chi connectivity index (χ2n) is 12.5. The number of benzene rings is 3. The standard InChI is InChI=1S/C34H36BNO6/c1-32(2)33(3,4)42-35(41-32)24(19-22-13-15-23(16-14-22)34(17-18-34)30(37)38)20-36-31(39)40-21-29-27-11-7-5-9-25(27)26-10-6-8-12-28(26)29/h5-16,19,29H,17-18,20-21H2,1-4H3,(H,36,39)(H,37,38). The molecule has 42 heavy (non-hydrogen) atoms. The molecule has 1 saturated heterocycles.